The van der Waals surface area contributed by atoms with E-state index in [2.05, 4.69) is 25.7 Å². The predicted molar refractivity (Wildman–Crippen MR) is 125 cm³/mol. The van der Waals surface area contributed by atoms with Crippen molar-refractivity contribution in [2.24, 2.45) is 0 Å². The highest BCUT2D eigenvalue weighted by Gasteiger charge is 2.22. The fourth-order valence-electron chi connectivity index (χ4n) is 4.58. The summed E-state index contributed by atoms with van der Waals surface area (Å²) in [7, 11) is 1.73. The van der Waals surface area contributed by atoms with E-state index in [0.29, 0.717) is 41.2 Å². The maximum atomic E-state index is 13.1. The Bertz CT molecular complexity index is 1340. The second kappa shape index (κ2) is 9.20. The normalized spacial score (nSPS) is 15.1. The molecule has 1 saturated carbocycles. The first kappa shape index (κ1) is 22.0. The van der Waals surface area contributed by atoms with Crippen molar-refractivity contribution < 1.29 is 14.2 Å². The summed E-state index contributed by atoms with van der Waals surface area (Å²) in [5.74, 6) is -0.384. The number of hydrogen-bond acceptors (Lipinski definition) is 7. The highest BCUT2D eigenvalue weighted by atomic mass is 16.6. The van der Waals surface area contributed by atoms with Gasteiger partial charge in [-0.15, -0.1) is 0 Å². The van der Waals surface area contributed by atoms with Gasteiger partial charge in [0.25, 0.3) is 11.8 Å². The molecular weight excluding hydrogens is 434 g/mol. The molecular formula is C24H27N7O3. The van der Waals surface area contributed by atoms with Gasteiger partial charge in [0.1, 0.15) is 11.0 Å². The van der Waals surface area contributed by atoms with Gasteiger partial charge in [0.05, 0.1) is 17.8 Å². The Hall–Kier alpha value is -3.82. The number of hydrogen-bond donors (Lipinski definition) is 1. The van der Waals surface area contributed by atoms with Crippen LogP contribution >= 0.6 is 0 Å². The molecule has 1 N–H and O–H groups in total. The van der Waals surface area contributed by atoms with Crippen molar-refractivity contribution in [3.63, 3.8) is 0 Å². The molecule has 1 fully saturated rings. The van der Waals surface area contributed by atoms with Crippen LogP contribution in [-0.4, -0.2) is 61.4 Å². The van der Waals surface area contributed by atoms with Crippen molar-refractivity contribution in [2.45, 2.75) is 51.1 Å². The molecule has 176 valence electrons. The van der Waals surface area contributed by atoms with E-state index < -0.39 is 0 Å². The smallest absolute Gasteiger partial charge is 0.255 e. The molecule has 3 heterocycles. The highest BCUT2D eigenvalue weighted by molar-refractivity contribution is 5.98. The lowest BCUT2D eigenvalue weighted by Crippen LogP contribution is -2.44. The number of fused-ring (bicyclic) bond motifs is 2. The van der Waals surface area contributed by atoms with Crippen LogP contribution in [0.15, 0.2) is 41.3 Å². The number of pyridine rings is 1. The van der Waals surface area contributed by atoms with Crippen molar-refractivity contribution in [1.82, 2.24) is 35.3 Å². The van der Waals surface area contributed by atoms with E-state index in [-0.39, 0.29) is 17.9 Å². The van der Waals surface area contributed by atoms with Crippen LogP contribution in [0.3, 0.4) is 0 Å². The Kier molecular flexibility index (Phi) is 5.95. The number of rotatable bonds is 7. The van der Waals surface area contributed by atoms with Gasteiger partial charge in [-0.2, -0.15) is 5.10 Å². The summed E-state index contributed by atoms with van der Waals surface area (Å²) in [5.41, 5.74) is 2.90. The van der Waals surface area contributed by atoms with Crippen LogP contribution in [0.2, 0.25) is 0 Å². The summed E-state index contributed by atoms with van der Waals surface area (Å²) < 4.78 is 6.69. The third-order valence-corrected chi connectivity index (χ3v) is 6.54. The number of carbonyl (C=O) groups is 2. The number of nitrogens with one attached hydrogen (secondary N) is 1. The van der Waals surface area contributed by atoms with Gasteiger partial charge in [-0.25, -0.2) is 14.3 Å². The lowest BCUT2D eigenvalue weighted by atomic mass is 10.1. The number of aromatic nitrogens is 5. The lowest BCUT2D eigenvalue weighted by Gasteiger charge is -2.24. The first-order valence-corrected chi connectivity index (χ1v) is 11.7. The quantitative estimate of drug-likeness (QED) is 0.448. The summed E-state index contributed by atoms with van der Waals surface area (Å²) in [6.45, 7) is 2.34. The second-order valence-corrected chi connectivity index (χ2v) is 8.90. The minimum absolute atomic E-state index is 0.147. The standard InChI is InChI=1S/C24H27N7O3/c1-3-18(27-23(32)15-8-9-20-21(11-15)29-34-28-20)14-30(2)24(33)17-10-16-13-26-31(22(16)25-12-17)19-6-4-5-7-19/h8-13,18-19H,3-7,14H2,1-2H3,(H,27,32). The van der Waals surface area contributed by atoms with E-state index >= 15 is 0 Å². The molecule has 1 aliphatic carbocycles. The molecule has 10 nitrogen and oxygen atoms in total. The number of nitrogens with zero attached hydrogens (tertiary/aromatic N) is 6. The minimum atomic E-state index is -0.236. The van der Waals surface area contributed by atoms with E-state index in [9.17, 15) is 9.59 Å². The van der Waals surface area contributed by atoms with Gasteiger partial charge >= 0.3 is 0 Å². The second-order valence-electron chi connectivity index (χ2n) is 8.90. The molecule has 0 aliphatic heterocycles. The first-order valence-electron chi connectivity index (χ1n) is 11.7. The Morgan fingerprint density at radius 2 is 1.94 bits per heavy atom. The molecule has 0 saturated heterocycles. The van der Waals surface area contributed by atoms with Gasteiger partial charge in [0.2, 0.25) is 0 Å². The molecule has 2 amide bonds. The lowest BCUT2D eigenvalue weighted by molar-refractivity contribution is 0.0763. The molecule has 3 aromatic heterocycles. The third kappa shape index (κ3) is 4.23. The highest BCUT2D eigenvalue weighted by Crippen LogP contribution is 2.31. The Balaban J connectivity index is 1.25. The monoisotopic (exact) mass is 461 g/mol. The fourth-order valence-corrected chi connectivity index (χ4v) is 4.58. The van der Waals surface area contributed by atoms with Crippen molar-refractivity contribution in [3.05, 3.63) is 47.8 Å². The summed E-state index contributed by atoms with van der Waals surface area (Å²) in [6, 6.07) is 7.03. The van der Waals surface area contributed by atoms with Crippen molar-refractivity contribution in [1.29, 1.82) is 0 Å². The SMILES string of the molecule is CCC(CN(C)C(=O)c1cnc2c(cnn2C2CCCC2)c1)NC(=O)c1ccc2nonc2c1. The van der Waals surface area contributed by atoms with Gasteiger partial charge in [0.15, 0.2) is 5.65 Å². The van der Waals surface area contributed by atoms with Crippen LogP contribution in [0.1, 0.15) is 65.8 Å². The zero-order valence-electron chi connectivity index (χ0n) is 19.3. The fraction of sp³-hybridized carbons (Fsp3) is 0.417. The molecule has 5 rings (SSSR count). The predicted octanol–water partition coefficient (Wildman–Crippen LogP) is 3.36. The zero-order chi connectivity index (χ0) is 23.7. The van der Waals surface area contributed by atoms with E-state index in [0.717, 1.165) is 23.9 Å². The van der Waals surface area contributed by atoms with Crippen molar-refractivity contribution >= 4 is 33.9 Å². The minimum Gasteiger partial charge on any atom is -0.348 e. The number of likely N-dealkylation sites (N-methyl/N-ethyl adjacent to an activating group) is 1. The first-order chi connectivity index (χ1) is 16.5. The van der Waals surface area contributed by atoms with Crippen molar-refractivity contribution in [2.75, 3.05) is 13.6 Å². The van der Waals surface area contributed by atoms with Crippen LogP contribution in [0.4, 0.5) is 0 Å². The summed E-state index contributed by atoms with van der Waals surface area (Å²) in [4.78, 5) is 32.0. The molecule has 1 atom stereocenters. The zero-order valence-corrected chi connectivity index (χ0v) is 19.3. The van der Waals surface area contributed by atoms with Gasteiger partial charge in [-0.05, 0) is 53.8 Å². The van der Waals surface area contributed by atoms with Crippen LogP contribution in [0.25, 0.3) is 22.1 Å². The number of amides is 2. The van der Waals surface area contributed by atoms with Crippen LogP contribution in [-0.2, 0) is 0 Å². The molecule has 0 spiro atoms. The van der Waals surface area contributed by atoms with Crippen LogP contribution < -0.4 is 5.32 Å². The molecule has 10 heteroatoms. The summed E-state index contributed by atoms with van der Waals surface area (Å²) in [5, 5.41) is 15.9. The average Bonchev–Trinajstić information content (AvgIpc) is 3.62. The number of carbonyl (C=O) groups excluding carboxylic acids is 2. The van der Waals surface area contributed by atoms with E-state index in [1.165, 1.54) is 12.8 Å². The Labute approximate surface area is 196 Å². The van der Waals surface area contributed by atoms with Crippen LogP contribution in [0, 0.1) is 0 Å². The summed E-state index contributed by atoms with van der Waals surface area (Å²) in [6.07, 6.45) is 8.75. The molecule has 1 aromatic carbocycles. The average molecular weight is 462 g/mol. The van der Waals surface area contributed by atoms with Crippen LogP contribution in [0.5, 0.6) is 0 Å². The third-order valence-electron chi connectivity index (χ3n) is 6.54. The maximum Gasteiger partial charge on any atom is 0.255 e. The van der Waals surface area contributed by atoms with E-state index in [1.54, 1.807) is 42.5 Å². The molecule has 0 bridgehead atoms. The van der Waals surface area contributed by atoms with Gasteiger partial charge < -0.3 is 10.2 Å². The molecule has 4 aromatic rings. The Morgan fingerprint density at radius 3 is 2.74 bits per heavy atom. The Morgan fingerprint density at radius 1 is 1.15 bits per heavy atom. The topological polar surface area (TPSA) is 119 Å². The van der Waals surface area contributed by atoms with Crippen molar-refractivity contribution in [3.8, 4) is 0 Å². The molecule has 0 radical (unpaired) electrons. The largest absolute Gasteiger partial charge is 0.348 e. The maximum absolute atomic E-state index is 13.1. The molecule has 1 unspecified atom stereocenters. The van der Waals surface area contributed by atoms with Gasteiger partial charge in [-0.1, -0.05) is 19.8 Å². The molecule has 34 heavy (non-hydrogen) atoms. The molecule has 1 aliphatic rings. The van der Waals surface area contributed by atoms with E-state index in [4.69, 9.17) is 4.63 Å². The summed E-state index contributed by atoms with van der Waals surface area (Å²) >= 11 is 0. The number of benzene rings is 1. The van der Waals surface area contributed by atoms with Gasteiger partial charge in [-0.3, -0.25) is 9.59 Å². The van der Waals surface area contributed by atoms with Gasteiger partial charge in [0, 0.05) is 36.8 Å². The van der Waals surface area contributed by atoms with E-state index in [1.807, 2.05) is 17.7 Å².